The van der Waals surface area contributed by atoms with Gasteiger partial charge in [0.05, 0.1) is 17.8 Å². The Kier molecular flexibility index (Phi) is 7.50. The second-order valence-corrected chi connectivity index (χ2v) is 7.40. The van der Waals surface area contributed by atoms with Crippen LogP contribution in [-0.2, 0) is 4.79 Å². The summed E-state index contributed by atoms with van der Waals surface area (Å²) in [4.78, 5) is 25.0. The van der Waals surface area contributed by atoms with Crippen LogP contribution in [0.15, 0.2) is 72.3 Å². The Labute approximate surface area is 195 Å². The monoisotopic (exact) mass is 465 g/mol. The second kappa shape index (κ2) is 10.5. The van der Waals surface area contributed by atoms with Crippen molar-refractivity contribution in [3.63, 3.8) is 0 Å². The van der Waals surface area contributed by atoms with Crippen molar-refractivity contribution in [2.45, 2.75) is 0 Å². The Hall–Kier alpha value is -3.79. The molecule has 0 spiro atoms. The summed E-state index contributed by atoms with van der Waals surface area (Å²) < 4.78 is 5.09. The predicted octanol–water partition coefficient (Wildman–Crippen LogP) is 5.80. The van der Waals surface area contributed by atoms with Crippen LogP contribution in [0.2, 0.25) is 10.0 Å². The van der Waals surface area contributed by atoms with Crippen molar-refractivity contribution < 1.29 is 14.3 Å². The van der Waals surface area contributed by atoms with E-state index in [4.69, 9.17) is 27.9 Å². The molecule has 0 aliphatic rings. The summed E-state index contributed by atoms with van der Waals surface area (Å²) in [7, 11) is 1.55. The highest BCUT2D eigenvalue weighted by molar-refractivity contribution is 6.37. The molecule has 2 N–H and O–H groups in total. The first-order valence-corrected chi connectivity index (χ1v) is 10.1. The normalized spacial score (nSPS) is 10.8. The third-order valence-electron chi connectivity index (χ3n) is 4.35. The van der Waals surface area contributed by atoms with Crippen LogP contribution in [0.3, 0.4) is 0 Å². The minimum atomic E-state index is -0.621. The molecule has 0 radical (unpaired) electrons. The van der Waals surface area contributed by atoms with Gasteiger partial charge in [0.25, 0.3) is 11.8 Å². The van der Waals surface area contributed by atoms with Gasteiger partial charge in [-0.2, -0.15) is 5.26 Å². The van der Waals surface area contributed by atoms with E-state index in [9.17, 15) is 14.9 Å². The average Bonchev–Trinajstić information content (AvgIpc) is 2.79. The lowest BCUT2D eigenvalue weighted by atomic mass is 10.1. The number of anilines is 2. The topological polar surface area (TPSA) is 91.2 Å². The molecule has 160 valence electrons. The third-order valence-corrected chi connectivity index (χ3v) is 4.90. The number of nitriles is 1. The standard InChI is InChI=1S/C24H17Cl2N3O3/c1-32-20-8-5-16(6-9-20)23(30)28-19-4-2-3-15(12-19)11-17(14-27)24(31)29-22-10-7-18(25)13-21(22)26/h2-13H,1H3,(H,28,30)(H,29,31)/b17-11+. The van der Waals surface area contributed by atoms with Crippen LogP contribution in [0.5, 0.6) is 5.75 Å². The van der Waals surface area contributed by atoms with E-state index < -0.39 is 5.91 Å². The quantitative estimate of drug-likeness (QED) is 0.355. The van der Waals surface area contributed by atoms with E-state index in [1.165, 1.54) is 12.1 Å². The van der Waals surface area contributed by atoms with Crippen LogP contribution >= 0.6 is 23.2 Å². The van der Waals surface area contributed by atoms with E-state index >= 15 is 0 Å². The van der Waals surface area contributed by atoms with Crippen LogP contribution < -0.4 is 15.4 Å². The van der Waals surface area contributed by atoms with E-state index in [0.29, 0.717) is 33.3 Å². The number of hydrogen-bond acceptors (Lipinski definition) is 4. The number of halogens is 2. The maximum Gasteiger partial charge on any atom is 0.266 e. The van der Waals surface area contributed by atoms with Gasteiger partial charge in [0.2, 0.25) is 0 Å². The largest absolute Gasteiger partial charge is 0.497 e. The number of nitrogens with one attached hydrogen (secondary N) is 2. The molecule has 3 rings (SSSR count). The highest BCUT2D eigenvalue weighted by atomic mass is 35.5. The molecule has 0 bridgehead atoms. The number of rotatable bonds is 6. The average molecular weight is 466 g/mol. The molecule has 0 fully saturated rings. The molecule has 32 heavy (non-hydrogen) atoms. The number of amides is 2. The van der Waals surface area contributed by atoms with Gasteiger partial charge in [-0.25, -0.2) is 0 Å². The minimum Gasteiger partial charge on any atom is -0.497 e. The van der Waals surface area contributed by atoms with Crippen molar-refractivity contribution in [1.29, 1.82) is 5.26 Å². The lowest BCUT2D eigenvalue weighted by molar-refractivity contribution is -0.112. The molecular weight excluding hydrogens is 449 g/mol. The van der Waals surface area contributed by atoms with Gasteiger partial charge in [-0.05, 0) is 66.2 Å². The minimum absolute atomic E-state index is 0.130. The number of ether oxygens (including phenoxy) is 1. The van der Waals surface area contributed by atoms with Crippen molar-refractivity contribution in [2.75, 3.05) is 17.7 Å². The van der Waals surface area contributed by atoms with Crippen LogP contribution in [-0.4, -0.2) is 18.9 Å². The van der Waals surface area contributed by atoms with Crippen molar-refractivity contribution in [3.05, 3.63) is 93.5 Å². The smallest absolute Gasteiger partial charge is 0.266 e. The maximum atomic E-state index is 12.5. The molecule has 0 aliphatic carbocycles. The summed E-state index contributed by atoms with van der Waals surface area (Å²) >= 11 is 11.9. The number of nitrogens with zero attached hydrogens (tertiary/aromatic N) is 1. The van der Waals surface area contributed by atoms with Crippen LogP contribution in [0.25, 0.3) is 6.08 Å². The van der Waals surface area contributed by atoms with Crippen molar-refractivity contribution in [1.82, 2.24) is 0 Å². The van der Waals surface area contributed by atoms with E-state index in [1.54, 1.807) is 67.8 Å². The predicted molar refractivity (Wildman–Crippen MR) is 126 cm³/mol. The Balaban J connectivity index is 1.75. The van der Waals surface area contributed by atoms with Crippen molar-refractivity contribution in [3.8, 4) is 11.8 Å². The number of hydrogen-bond donors (Lipinski definition) is 2. The molecule has 0 aliphatic heterocycles. The third kappa shape index (κ3) is 5.88. The van der Waals surface area contributed by atoms with Gasteiger partial charge in [-0.3, -0.25) is 9.59 Å². The Morgan fingerprint density at radius 1 is 1.00 bits per heavy atom. The molecule has 0 aromatic heterocycles. The highest BCUT2D eigenvalue weighted by Gasteiger charge is 2.12. The van der Waals surface area contributed by atoms with E-state index in [1.807, 2.05) is 6.07 Å². The second-order valence-electron chi connectivity index (χ2n) is 6.56. The number of methoxy groups -OCH3 is 1. The summed E-state index contributed by atoms with van der Waals surface area (Å²) in [5, 5.41) is 15.5. The first-order valence-electron chi connectivity index (χ1n) is 9.33. The molecule has 3 aromatic rings. The lowest BCUT2D eigenvalue weighted by Gasteiger charge is -2.08. The summed E-state index contributed by atoms with van der Waals surface area (Å²) in [5.41, 5.74) is 1.74. The Morgan fingerprint density at radius 2 is 1.75 bits per heavy atom. The maximum absolute atomic E-state index is 12.5. The van der Waals surface area contributed by atoms with Gasteiger partial charge in [0.15, 0.2) is 0 Å². The number of benzene rings is 3. The van der Waals surface area contributed by atoms with Gasteiger partial charge in [-0.1, -0.05) is 35.3 Å². The van der Waals surface area contributed by atoms with E-state index in [0.717, 1.165) is 0 Å². The van der Waals surface area contributed by atoms with Gasteiger partial charge in [0.1, 0.15) is 17.4 Å². The fraction of sp³-hybridized carbons (Fsp3) is 0.0417. The van der Waals surface area contributed by atoms with Crippen molar-refractivity contribution in [2.24, 2.45) is 0 Å². The SMILES string of the molecule is COc1ccc(C(=O)Nc2cccc(/C=C(\C#N)C(=O)Nc3ccc(Cl)cc3Cl)c2)cc1. The zero-order chi connectivity index (χ0) is 23.1. The molecular formula is C24H17Cl2N3O3. The first kappa shape index (κ1) is 22.9. The molecule has 3 aromatic carbocycles. The fourth-order valence-electron chi connectivity index (χ4n) is 2.75. The summed E-state index contributed by atoms with van der Waals surface area (Å²) in [6.07, 6.45) is 1.42. The first-order chi connectivity index (χ1) is 15.4. The zero-order valence-corrected chi connectivity index (χ0v) is 18.4. The molecule has 0 atom stereocenters. The van der Waals surface area contributed by atoms with Gasteiger partial charge < -0.3 is 15.4 Å². The molecule has 2 amide bonds. The highest BCUT2D eigenvalue weighted by Crippen LogP contribution is 2.26. The molecule has 8 heteroatoms. The molecule has 0 saturated heterocycles. The van der Waals surface area contributed by atoms with Gasteiger partial charge in [-0.15, -0.1) is 0 Å². The van der Waals surface area contributed by atoms with Crippen LogP contribution in [0, 0.1) is 11.3 Å². The molecule has 6 nitrogen and oxygen atoms in total. The molecule has 0 saturated carbocycles. The fourth-order valence-corrected chi connectivity index (χ4v) is 3.20. The number of carbonyl (C=O) groups is 2. The summed E-state index contributed by atoms with van der Waals surface area (Å²) in [6.45, 7) is 0. The van der Waals surface area contributed by atoms with Crippen LogP contribution in [0.4, 0.5) is 11.4 Å². The van der Waals surface area contributed by atoms with Gasteiger partial charge >= 0.3 is 0 Å². The Morgan fingerprint density at radius 3 is 2.41 bits per heavy atom. The molecule has 0 heterocycles. The van der Waals surface area contributed by atoms with Crippen LogP contribution in [0.1, 0.15) is 15.9 Å². The Bertz CT molecular complexity index is 1230. The summed E-state index contributed by atoms with van der Waals surface area (Å²) in [5.74, 6) is -0.273. The van der Waals surface area contributed by atoms with Crippen molar-refractivity contribution >= 4 is 52.5 Å². The zero-order valence-electron chi connectivity index (χ0n) is 16.9. The summed E-state index contributed by atoms with van der Waals surface area (Å²) in [6, 6.07) is 20.0. The lowest BCUT2D eigenvalue weighted by Crippen LogP contribution is -2.14. The van der Waals surface area contributed by atoms with E-state index in [2.05, 4.69) is 10.6 Å². The molecule has 0 unspecified atom stereocenters. The van der Waals surface area contributed by atoms with E-state index in [-0.39, 0.29) is 16.5 Å². The van der Waals surface area contributed by atoms with Gasteiger partial charge in [0, 0.05) is 16.3 Å². The number of carbonyl (C=O) groups excluding carboxylic acids is 2.